The first-order valence-electron chi connectivity index (χ1n) is 9.02. The number of piperidine rings is 1. The zero-order chi connectivity index (χ0) is 16.4. The van der Waals surface area contributed by atoms with Crippen LogP contribution in [0.5, 0.6) is 0 Å². The average Bonchev–Trinajstić information content (AvgIpc) is 3.10. The number of anilines is 1. The van der Waals surface area contributed by atoms with Gasteiger partial charge < -0.3 is 10.2 Å². The fourth-order valence-corrected chi connectivity index (χ4v) is 3.89. The van der Waals surface area contributed by atoms with Gasteiger partial charge in [0, 0.05) is 49.4 Å². The zero-order valence-corrected chi connectivity index (χ0v) is 14.3. The van der Waals surface area contributed by atoms with Crippen LogP contribution in [0.1, 0.15) is 31.9 Å². The highest BCUT2D eigenvalue weighted by atomic mass is 15.2. The number of hydrogen-bond donors (Lipinski definition) is 1. The Kier molecular flexibility index (Phi) is 4.19. The molecule has 5 nitrogen and oxygen atoms in total. The van der Waals surface area contributed by atoms with Crippen LogP contribution in [0.4, 0.5) is 5.82 Å². The molecule has 0 aliphatic carbocycles. The van der Waals surface area contributed by atoms with Gasteiger partial charge in [-0.05, 0) is 49.8 Å². The van der Waals surface area contributed by atoms with E-state index in [0.717, 1.165) is 42.4 Å². The van der Waals surface area contributed by atoms with Gasteiger partial charge in [-0.15, -0.1) is 0 Å². The van der Waals surface area contributed by atoms with E-state index in [1.54, 1.807) is 12.4 Å². The van der Waals surface area contributed by atoms with Gasteiger partial charge in [-0.3, -0.25) is 4.98 Å². The van der Waals surface area contributed by atoms with Gasteiger partial charge in [0.15, 0.2) is 5.82 Å². The van der Waals surface area contributed by atoms with E-state index in [9.17, 15) is 0 Å². The smallest absolute Gasteiger partial charge is 0.161 e. The molecule has 2 aromatic heterocycles. The van der Waals surface area contributed by atoms with E-state index in [1.165, 1.54) is 32.4 Å². The molecule has 4 rings (SSSR count). The third kappa shape index (κ3) is 3.00. The maximum Gasteiger partial charge on any atom is 0.161 e. The Morgan fingerprint density at radius 2 is 1.92 bits per heavy atom. The van der Waals surface area contributed by atoms with Gasteiger partial charge >= 0.3 is 0 Å². The van der Waals surface area contributed by atoms with Gasteiger partial charge in [0.25, 0.3) is 0 Å². The van der Waals surface area contributed by atoms with Crippen molar-refractivity contribution in [2.45, 2.75) is 32.6 Å². The summed E-state index contributed by atoms with van der Waals surface area (Å²) in [5.41, 5.74) is 2.68. The van der Waals surface area contributed by atoms with Crippen LogP contribution in [0.3, 0.4) is 0 Å². The Morgan fingerprint density at radius 1 is 1.12 bits per heavy atom. The lowest BCUT2D eigenvalue weighted by atomic mass is 9.78. The summed E-state index contributed by atoms with van der Waals surface area (Å²) in [5, 5.41) is 3.54. The van der Waals surface area contributed by atoms with Crippen molar-refractivity contribution < 1.29 is 0 Å². The fraction of sp³-hybridized carbons (Fsp3) is 0.526. The normalized spacial score (nSPS) is 19.8. The van der Waals surface area contributed by atoms with E-state index in [2.05, 4.69) is 28.2 Å². The molecule has 1 N–H and O–H groups in total. The molecule has 0 unspecified atom stereocenters. The molecule has 0 saturated carbocycles. The number of nitrogens with one attached hydrogen (secondary N) is 1. The molecule has 2 aliphatic rings. The summed E-state index contributed by atoms with van der Waals surface area (Å²) in [7, 11) is 0. The largest absolute Gasteiger partial charge is 0.356 e. The van der Waals surface area contributed by atoms with Crippen LogP contribution < -0.4 is 10.2 Å². The Labute approximate surface area is 143 Å². The second-order valence-corrected chi connectivity index (χ2v) is 7.04. The molecule has 0 atom stereocenters. The minimum absolute atomic E-state index is 0.533. The molecule has 2 aromatic rings. The third-order valence-corrected chi connectivity index (χ3v) is 5.55. The maximum absolute atomic E-state index is 4.86. The summed E-state index contributed by atoms with van der Waals surface area (Å²) in [6.07, 6.45) is 8.37. The van der Waals surface area contributed by atoms with Crippen molar-refractivity contribution in [1.82, 2.24) is 20.3 Å². The molecule has 126 valence electrons. The molecule has 0 aromatic carbocycles. The molecule has 1 spiro atoms. The van der Waals surface area contributed by atoms with E-state index >= 15 is 0 Å². The van der Waals surface area contributed by atoms with Crippen LogP contribution in [-0.2, 0) is 6.42 Å². The van der Waals surface area contributed by atoms with Crippen molar-refractivity contribution >= 4 is 5.82 Å². The van der Waals surface area contributed by atoms with Crippen molar-refractivity contribution in [1.29, 1.82) is 0 Å². The zero-order valence-electron chi connectivity index (χ0n) is 14.3. The first-order chi connectivity index (χ1) is 11.8. The lowest BCUT2D eigenvalue weighted by Gasteiger charge is -2.39. The first kappa shape index (κ1) is 15.5. The first-order valence-corrected chi connectivity index (χ1v) is 9.02. The molecule has 0 amide bonds. The SMILES string of the molecule is CCc1cc(N2CCC3(CCNC3)CC2)nc(-c2ccncc2)n1. The predicted octanol–water partition coefficient (Wildman–Crippen LogP) is 2.68. The van der Waals surface area contributed by atoms with Crippen molar-refractivity contribution in [3.63, 3.8) is 0 Å². The van der Waals surface area contributed by atoms with Crippen LogP contribution in [0.2, 0.25) is 0 Å². The predicted molar refractivity (Wildman–Crippen MR) is 96.0 cm³/mol. The van der Waals surface area contributed by atoms with Crippen molar-refractivity contribution in [2.24, 2.45) is 5.41 Å². The van der Waals surface area contributed by atoms with E-state index < -0.39 is 0 Å². The molecule has 0 radical (unpaired) electrons. The summed E-state index contributed by atoms with van der Waals surface area (Å²) < 4.78 is 0. The van der Waals surface area contributed by atoms with Crippen LogP contribution in [0.15, 0.2) is 30.6 Å². The maximum atomic E-state index is 4.86. The van der Waals surface area contributed by atoms with Crippen molar-refractivity contribution in [2.75, 3.05) is 31.1 Å². The average molecular weight is 323 g/mol. The van der Waals surface area contributed by atoms with Gasteiger partial charge in [0.05, 0.1) is 0 Å². The Bertz CT molecular complexity index is 684. The molecule has 5 heteroatoms. The minimum atomic E-state index is 0.533. The molecule has 24 heavy (non-hydrogen) atoms. The molecule has 0 bridgehead atoms. The lowest BCUT2D eigenvalue weighted by molar-refractivity contribution is 0.247. The van der Waals surface area contributed by atoms with Crippen LogP contribution in [0.25, 0.3) is 11.4 Å². The quantitative estimate of drug-likeness (QED) is 0.941. The van der Waals surface area contributed by atoms with E-state index in [-0.39, 0.29) is 0 Å². The van der Waals surface area contributed by atoms with Gasteiger partial charge in [-0.25, -0.2) is 9.97 Å². The molecule has 2 fully saturated rings. The van der Waals surface area contributed by atoms with Crippen LogP contribution in [-0.4, -0.2) is 41.1 Å². The molecular weight excluding hydrogens is 298 g/mol. The second kappa shape index (κ2) is 6.48. The van der Waals surface area contributed by atoms with Crippen LogP contribution >= 0.6 is 0 Å². The number of hydrogen-bond acceptors (Lipinski definition) is 5. The summed E-state index contributed by atoms with van der Waals surface area (Å²) in [5.74, 6) is 1.89. The fourth-order valence-electron chi connectivity index (χ4n) is 3.89. The van der Waals surface area contributed by atoms with Gasteiger partial charge in [-0.1, -0.05) is 6.92 Å². The molecule has 4 heterocycles. The highest BCUT2D eigenvalue weighted by molar-refractivity contribution is 5.57. The topological polar surface area (TPSA) is 53.9 Å². The third-order valence-electron chi connectivity index (χ3n) is 5.55. The highest BCUT2D eigenvalue weighted by Crippen LogP contribution is 2.38. The lowest BCUT2D eigenvalue weighted by Crippen LogP contribution is -2.41. The Morgan fingerprint density at radius 3 is 2.58 bits per heavy atom. The van der Waals surface area contributed by atoms with Crippen molar-refractivity contribution in [3.05, 3.63) is 36.3 Å². The number of nitrogens with zero attached hydrogens (tertiary/aromatic N) is 4. The summed E-state index contributed by atoms with van der Waals surface area (Å²) in [4.78, 5) is 16.1. The Hall–Kier alpha value is -2.01. The highest BCUT2D eigenvalue weighted by Gasteiger charge is 2.37. The standard InChI is InChI=1S/C19H25N5/c1-2-16-13-17(23-18(22-16)15-3-8-20-9-4-15)24-11-6-19(7-12-24)5-10-21-14-19/h3-4,8-9,13,21H,2,5-7,10-12,14H2,1H3. The Balaban J connectivity index is 1.59. The number of aryl methyl sites for hydroxylation is 1. The molecule has 2 aliphatic heterocycles. The van der Waals surface area contributed by atoms with Gasteiger partial charge in [0.2, 0.25) is 0 Å². The van der Waals surface area contributed by atoms with Gasteiger partial charge in [0.1, 0.15) is 5.82 Å². The van der Waals surface area contributed by atoms with E-state index in [0.29, 0.717) is 5.41 Å². The second-order valence-electron chi connectivity index (χ2n) is 7.04. The van der Waals surface area contributed by atoms with E-state index in [1.807, 2.05) is 12.1 Å². The molecule has 2 saturated heterocycles. The summed E-state index contributed by atoms with van der Waals surface area (Å²) in [6, 6.07) is 6.12. The molecular formula is C19H25N5. The minimum Gasteiger partial charge on any atom is -0.356 e. The van der Waals surface area contributed by atoms with Crippen molar-refractivity contribution in [3.8, 4) is 11.4 Å². The summed E-state index contributed by atoms with van der Waals surface area (Å²) in [6.45, 7) is 6.71. The number of aromatic nitrogens is 3. The van der Waals surface area contributed by atoms with Gasteiger partial charge in [-0.2, -0.15) is 0 Å². The number of rotatable bonds is 3. The van der Waals surface area contributed by atoms with Crippen LogP contribution in [0, 0.1) is 5.41 Å². The summed E-state index contributed by atoms with van der Waals surface area (Å²) >= 11 is 0. The van der Waals surface area contributed by atoms with E-state index in [4.69, 9.17) is 9.97 Å². The monoisotopic (exact) mass is 323 g/mol. The number of pyridine rings is 1.